The van der Waals surface area contributed by atoms with Crippen LogP contribution < -0.4 is 15.4 Å². The third-order valence-electron chi connectivity index (χ3n) is 3.33. The topological polar surface area (TPSA) is 59.6 Å². The van der Waals surface area contributed by atoms with Crippen LogP contribution in [0.1, 0.15) is 12.8 Å². The number of rotatable bonds is 6. The average Bonchev–Trinajstić information content (AvgIpc) is 2.49. The lowest BCUT2D eigenvalue weighted by Gasteiger charge is -2.22. The molecule has 0 aliphatic carbocycles. The first kappa shape index (κ1) is 14.8. The van der Waals surface area contributed by atoms with Gasteiger partial charge in [-0.05, 0) is 31.5 Å². The van der Waals surface area contributed by atoms with Crippen LogP contribution in [-0.4, -0.2) is 39.3 Å². The number of hydrogen-bond acceptors (Lipinski definition) is 4. The summed E-state index contributed by atoms with van der Waals surface area (Å²) in [6.45, 7) is 2.81. The summed E-state index contributed by atoms with van der Waals surface area (Å²) in [6, 6.07) is 7.45. The number of carbonyl (C=O) groups excluding carboxylic acids is 1. The minimum Gasteiger partial charge on any atom is -0.491 e. The summed E-state index contributed by atoms with van der Waals surface area (Å²) in [5.41, 5.74) is 0.774. The molecule has 5 nitrogen and oxygen atoms in total. The van der Waals surface area contributed by atoms with Crippen LogP contribution in [0.15, 0.2) is 24.3 Å². The first-order valence-corrected chi connectivity index (χ1v) is 7.03. The molecule has 0 spiro atoms. The second kappa shape index (κ2) is 7.87. The van der Waals surface area contributed by atoms with E-state index in [0.717, 1.165) is 37.4 Å². The van der Waals surface area contributed by atoms with Gasteiger partial charge in [0.25, 0.3) is 0 Å². The molecular weight excluding hydrogens is 256 g/mol. The van der Waals surface area contributed by atoms with Crippen molar-refractivity contribution in [2.45, 2.75) is 12.8 Å². The Morgan fingerprint density at radius 2 is 2.35 bits per heavy atom. The van der Waals surface area contributed by atoms with E-state index < -0.39 is 0 Å². The van der Waals surface area contributed by atoms with E-state index in [9.17, 15) is 4.79 Å². The van der Waals surface area contributed by atoms with E-state index >= 15 is 0 Å². The van der Waals surface area contributed by atoms with E-state index in [1.807, 2.05) is 24.3 Å². The highest BCUT2D eigenvalue weighted by Crippen LogP contribution is 2.19. The van der Waals surface area contributed by atoms with Crippen LogP contribution >= 0.6 is 0 Å². The summed E-state index contributed by atoms with van der Waals surface area (Å²) >= 11 is 0. The Kier molecular flexibility index (Phi) is 5.83. The Morgan fingerprint density at radius 3 is 3.10 bits per heavy atom. The number of methoxy groups -OCH3 is 1. The van der Waals surface area contributed by atoms with E-state index in [0.29, 0.717) is 13.2 Å². The van der Waals surface area contributed by atoms with E-state index in [2.05, 4.69) is 10.6 Å². The van der Waals surface area contributed by atoms with Gasteiger partial charge in [-0.3, -0.25) is 4.79 Å². The quantitative estimate of drug-likeness (QED) is 0.777. The molecule has 0 saturated carbocycles. The zero-order valence-corrected chi connectivity index (χ0v) is 11.9. The fraction of sp³-hybridized carbons (Fsp3) is 0.533. The van der Waals surface area contributed by atoms with Gasteiger partial charge in [-0.15, -0.1) is 0 Å². The van der Waals surface area contributed by atoms with Crippen molar-refractivity contribution in [2.75, 3.05) is 38.7 Å². The lowest BCUT2D eigenvalue weighted by atomic mass is 9.99. The minimum atomic E-state index is 0.0572. The maximum absolute atomic E-state index is 12.1. The third-order valence-corrected chi connectivity index (χ3v) is 3.33. The maximum atomic E-state index is 12.1. The van der Waals surface area contributed by atoms with Crippen molar-refractivity contribution in [1.29, 1.82) is 0 Å². The lowest BCUT2D eigenvalue weighted by molar-refractivity contribution is -0.120. The van der Waals surface area contributed by atoms with Gasteiger partial charge in [-0.2, -0.15) is 0 Å². The molecule has 1 aromatic carbocycles. The lowest BCUT2D eigenvalue weighted by Crippen LogP contribution is -2.37. The van der Waals surface area contributed by atoms with Gasteiger partial charge in [-0.1, -0.05) is 6.07 Å². The molecule has 0 bridgehead atoms. The smallest absolute Gasteiger partial charge is 0.228 e. The highest BCUT2D eigenvalue weighted by molar-refractivity contribution is 5.92. The number of piperidine rings is 1. The highest BCUT2D eigenvalue weighted by Gasteiger charge is 2.20. The van der Waals surface area contributed by atoms with Crippen LogP contribution in [0, 0.1) is 5.92 Å². The second-order valence-corrected chi connectivity index (χ2v) is 4.90. The number of hydrogen-bond donors (Lipinski definition) is 2. The predicted octanol–water partition coefficient (Wildman–Crippen LogP) is 1.65. The molecule has 2 rings (SSSR count). The van der Waals surface area contributed by atoms with Crippen molar-refractivity contribution in [2.24, 2.45) is 5.92 Å². The van der Waals surface area contributed by atoms with Crippen LogP contribution in [0.2, 0.25) is 0 Å². The van der Waals surface area contributed by atoms with Gasteiger partial charge in [0.15, 0.2) is 0 Å². The summed E-state index contributed by atoms with van der Waals surface area (Å²) < 4.78 is 10.5. The van der Waals surface area contributed by atoms with E-state index in [4.69, 9.17) is 9.47 Å². The molecule has 1 fully saturated rings. The summed E-state index contributed by atoms with van der Waals surface area (Å²) in [7, 11) is 1.64. The van der Waals surface area contributed by atoms with E-state index in [1.54, 1.807) is 7.11 Å². The molecule has 1 amide bonds. The normalized spacial score (nSPS) is 18.6. The van der Waals surface area contributed by atoms with Crippen molar-refractivity contribution >= 4 is 11.6 Å². The molecule has 1 aliphatic heterocycles. The van der Waals surface area contributed by atoms with Crippen LogP contribution in [-0.2, 0) is 9.53 Å². The number of amides is 1. The van der Waals surface area contributed by atoms with E-state index in [1.165, 1.54) is 0 Å². The molecule has 1 atom stereocenters. The molecule has 0 aromatic heterocycles. The second-order valence-electron chi connectivity index (χ2n) is 4.90. The first-order chi connectivity index (χ1) is 9.79. The molecule has 5 heteroatoms. The van der Waals surface area contributed by atoms with Crippen molar-refractivity contribution in [3.63, 3.8) is 0 Å². The Balaban J connectivity index is 1.88. The minimum absolute atomic E-state index is 0.0572. The molecule has 1 aliphatic rings. The van der Waals surface area contributed by atoms with Gasteiger partial charge in [0, 0.05) is 25.4 Å². The Labute approximate surface area is 119 Å². The molecule has 110 valence electrons. The van der Waals surface area contributed by atoms with Gasteiger partial charge in [0.05, 0.1) is 12.5 Å². The van der Waals surface area contributed by atoms with Crippen molar-refractivity contribution in [3.05, 3.63) is 24.3 Å². The Bertz CT molecular complexity index is 431. The molecule has 1 aromatic rings. The Morgan fingerprint density at radius 1 is 1.45 bits per heavy atom. The highest BCUT2D eigenvalue weighted by atomic mass is 16.5. The van der Waals surface area contributed by atoms with E-state index in [-0.39, 0.29) is 11.8 Å². The van der Waals surface area contributed by atoms with Gasteiger partial charge < -0.3 is 20.1 Å². The van der Waals surface area contributed by atoms with Gasteiger partial charge in [0.2, 0.25) is 5.91 Å². The largest absolute Gasteiger partial charge is 0.491 e. The van der Waals surface area contributed by atoms with Crippen LogP contribution in [0.4, 0.5) is 5.69 Å². The monoisotopic (exact) mass is 278 g/mol. The van der Waals surface area contributed by atoms with Gasteiger partial charge in [-0.25, -0.2) is 0 Å². The predicted molar refractivity (Wildman–Crippen MR) is 78.0 cm³/mol. The zero-order chi connectivity index (χ0) is 14.2. The standard InChI is InChI=1S/C15H22N2O3/c1-19-8-9-20-14-6-2-5-13(10-14)17-15(18)12-4-3-7-16-11-12/h2,5-6,10,12,16H,3-4,7-9,11H2,1H3,(H,17,18). The fourth-order valence-electron chi connectivity index (χ4n) is 2.23. The fourth-order valence-corrected chi connectivity index (χ4v) is 2.23. The van der Waals surface area contributed by atoms with Crippen molar-refractivity contribution in [1.82, 2.24) is 5.32 Å². The molecule has 1 unspecified atom stereocenters. The molecular formula is C15H22N2O3. The van der Waals surface area contributed by atoms with Crippen LogP contribution in [0.5, 0.6) is 5.75 Å². The Hall–Kier alpha value is -1.59. The van der Waals surface area contributed by atoms with Crippen LogP contribution in [0.3, 0.4) is 0 Å². The number of anilines is 1. The zero-order valence-electron chi connectivity index (χ0n) is 11.9. The number of benzene rings is 1. The summed E-state index contributed by atoms with van der Waals surface area (Å²) in [6.07, 6.45) is 2.00. The number of ether oxygens (including phenoxy) is 2. The summed E-state index contributed by atoms with van der Waals surface area (Å²) in [5, 5.41) is 6.20. The summed E-state index contributed by atoms with van der Waals surface area (Å²) in [4.78, 5) is 12.1. The molecule has 1 heterocycles. The SMILES string of the molecule is COCCOc1cccc(NC(=O)C2CCCNC2)c1. The van der Waals surface area contributed by atoms with Crippen molar-refractivity contribution < 1.29 is 14.3 Å². The van der Waals surface area contributed by atoms with Crippen LogP contribution in [0.25, 0.3) is 0 Å². The number of carbonyl (C=O) groups is 1. The van der Waals surface area contributed by atoms with Gasteiger partial charge >= 0.3 is 0 Å². The molecule has 20 heavy (non-hydrogen) atoms. The molecule has 2 N–H and O–H groups in total. The summed E-state index contributed by atoms with van der Waals surface area (Å²) in [5.74, 6) is 0.870. The maximum Gasteiger partial charge on any atom is 0.228 e. The van der Waals surface area contributed by atoms with Crippen molar-refractivity contribution in [3.8, 4) is 5.75 Å². The average molecular weight is 278 g/mol. The first-order valence-electron chi connectivity index (χ1n) is 7.03. The molecule has 0 radical (unpaired) electrons. The van der Waals surface area contributed by atoms with Gasteiger partial charge in [0.1, 0.15) is 12.4 Å². The molecule has 1 saturated heterocycles. The third kappa shape index (κ3) is 4.51. The number of nitrogens with one attached hydrogen (secondary N) is 2.